The van der Waals surface area contributed by atoms with Crippen molar-refractivity contribution in [3.05, 3.63) is 70.9 Å². The molecule has 7 rings (SSSR count). The van der Waals surface area contributed by atoms with Crippen LogP contribution in [0.2, 0.25) is 0 Å². The molecular formula is C44H60FN7O6S3. The van der Waals surface area contributed by atoms with Crippen LogP contribution >= 0.6 is 23.1 Å². The van der Waals surface area contributed by atoms with Gasteiger partial charge in [0, 0.05) is 43.4 Å². The molecule has 0 radical (unpaired) electrons. The van der Waals surface area contributed by atoms with E-state index >= 15 is 4.39 Å². The van der Waals surface area contributed by atoms with Crippen LogP contribution in [0, 0.1) is 12.8 Å². The maximum atomic E-state index is 15.1. The Labute approximate surface area is 367 Å². The summed E-state index contributed by atoms with van der Waals surface area (Å²) in [5.41, 5.74) is 9.60. The zero-order valence-corrected chi connectivity index (χ0v) is 38.0. The lowest BCUT2D eigenvalue weighted by Crippen LogP contribution is -2.61. The number of β-amino-alcohol motifs (C(OH)–C–C–N with tert-alkyl or cyclic N) is 1. The third-order valence-corrected chi connectivity index (χ3v) is 17.3. The fourth-order valence-electron chi connectivity index (χ4n) is 8.55. The molecule has 4 atom stereocenters. The molecule has 1 unspecified atom stereocenters. The monoisotopic (exact) mass is 897 g/mol. The van der Waals surface area contributed by atoms with Gasteiger partial charge in [0.05, 0.1) is 33.1 Å². The van der Waals surface area contributed by atoms with Crippen LogP contribution in [0.15, 0.2) is 58.9 Å². The molecule has 3 saturated heterocycles. The maximum absolute atomic E-state index is 15.1. The summed E-state index contributed by atoms with van der Waals surface area (Å²) in [6.45, 7) is 10.6. The summed E-state index contributed by atoms with van der Waals surface area (Å²) >= 11 is 3.11. The summed E-state index contributed by atoms with van der Waals surface area (Å²) in [7, 11) is -3.60. The number of aliphatic hydroxyl groups is 1. The van der Waals surface area contributed by atoms with Crippen molar-refractivity contribution in [2.24, 2.45) is 11.7 Å². The number of aliphatic hydroxyl groups excluding tert-OH is 1. The standard InChI is InChI=1S/C44H60FN7O6S3/c1-28(32-8-10-33(11-9-32)38-29(2)47-27-59-38)48-40(54)37-23-35(53)25-52(37)41(55)39(49-42(56)44(45)16-17-44)43(3,4)60-26-30-12-18-50(19-13-30)24-31-6-5-7-36(22-31)61(57,58)51-20-14-34(46)15-21-51/h5-11,22,27-28,30,34-35,37,39,53H,12-21,23-26,46H2,1-4H3,(H,48,54)(H,49,56)/t28-,35?,37-,39+/m0/s1. The van der Waals surface area contributed by atoms with E-state index in [1.807, 2.05) is 63.5 Å². The van der Waals surface area contributed by atoms with E-state index in [4.69, 9.17) is 5.73 Å². The van der Waals surface area contributed by atoms with Crippen LogP contribution in [-0.2, 0) is 31.0 Å². The Morgan fingerprint density at radius 3 is 2.38 bits per heavy atom. The topological polar surface area (TPSA) is 178 Å². The lowest BCUT2D eigenvalue weighted by atomic mass is 9.98. The molecule has 17 heteroatoms. The molecule has 4 heterocycles. The molecule has 0 bridgehead atoms. The number of nitrogens with zero attached hydrogens (tertiary/aromatic N) is 4. The van der Waals surface area contributed by atoms with Crippen LogP contribution in [0.5, 0.6) is 0 Å². The van der Waals surface area contributed by atoms with Crippen LogP contribution < -0.4 is 16.4 Å². The number of halogens is 1. The third kappa shape index (κ3) is 10.7. The Hall–Kier alpha value is -3.45. The van der Waals surface area contributed by atoms with Gasteiger partial charge in [0.1, 0.15) is 12.1 Å². The summed E-state index contributed by atoms with van der Waals surface area (Å²) in [6.07, 6.45) is 2.38. The number of nitrogens with two attached hydrogens (primary N) is 1. The summed E-state index contributed by atoms with van der Waals surface area (Å²) in [5.74, 6) is -0.747. The summed E-state index contributed by atoms with van der Waals surface area (Å²) < 4.78 is 42.5. The molecule has 1 aliphatic carbocycles. The molecule has 5 N–H and O–H groups in total. The summed E-state index contributed by atoms with van der Waals surface area (Å²) in [4.78, 5) is 51.0. The van der Waals surface area contributed by atoms with Gasteiger partial charge in [-0.15, -0.1) is 11.3 Å². The van der Waals surface area contributed by atoms with Crippen molar-refractivity contribution in [2.45, 2.75) is 125 Å². The zero-order chi connectivity index (χ0) is 43.7. The van der Waals surface area contributed by atoms with Crippen LogP contribution in [-0.4, -0.2) is 123 Å². The molecule has 4 aliphatic rings. The minimum atomic E-state index is -3.60. The lowest BCUT2D eigenvalue weighted by molar-refractivity contribution is -0.143. The second-order valence-corrected chi connectivity index (χ2v) is 22.4. The number of benzene rings is 2. The molecule has 61 heavy (non-hydrogen) atoms. The van der Waals surface area contributed by atoms with Crippen LogP contribution in [0.4, 0.5) is 4.39 Å². The molecule has 3 aliphatic heterocycles. The number of hydrogen-bond acceptors (Lipinski definition) is 11. The maximum Gasteiger partial charge on any atom is 0.258 e. The second kappa shape index (κ2) is 18.7. The number of carbonyl (C=O) groups is 3. The molecular weight excluding hydrogens is 838 g/mol. The number of nitrogens with one attached hydrogen (secondary N) is 2. The molecule has 3 amide bonds. The van der Waals surface area contributed by atoms with Gasteiger partial charge in [-0.05, 0) is 120 Å². The second-order valence-electron chi connectivity index (χ2n) is 17.9. The number of thioether (sulfide) groups is 1. The molecule has 3 aromatic rings. The van der Waals surface area contributed by atoms with Crippen molar-refractivity contribution in [1.82, 2.24) is 29.7 Å². The zero-order valence-electron chi connectivity index (χ0n) is 35.5. The number of amides is 3. The quantitative estimate of drug-likeness (QED) is 0.166. The van der Waals surface area contributed by atoms with Crippen LogP contribution in [0.3, 0.4) is 0 Å². The van der Waals surface area contributed by atoms with Crippen LogP contribution in [0.1, 0.15) is 88.6 Å². The Kier molecular flexibility index (Phi) is 14.0. The van der Waals surface area contributed by atoms with Gasteiger partial charge in [-0.1, -0.05) is 36.4 Å². The van der Waals surface area contributed by atoms with Crippen molar-refractivity contribution in [2.75, 3.05) is 38.5 Å². The largest absolute Gasteiger partial charge is 0.391 e. The van der Waals surface area contributed by atoms with Gasteiger partial charge in [0.15, 0.2) is 5.67 Å². The number of likely N-dealkylation sites (tertiary alicyclic amines) is 2. The van der Waals surface area contributed by atoms with E-state index in [9.17, 15) is 27.9 Å². The molecule has 0 spiro atoms. The minimum Gasteiger partial charge on any atom is -0.391 e. The highest BCUT2D eigenvalue weighted by molar-refractivity contribution is 8.00. The number of hydrogen-bond donors (Lipinski definition) is 4. The number of aryl methyl sites for hydroxylation is 1. The van der Waals surface area contributed by atoms with E-state index in [0.717, 1.165) is 53.2 Å². The molecule has 1 aromatic heterocycles. The van der Waals surface area contributed by atoms with Gasteiger partial charge in [0.25, 0.3) is 5.91 Å². The summed E-state index contributed by atoms with van der Waals surface area (Å²) in [5, 5.41) is 16.6. The van der Waals surface area contributed by atoms with E-state index in [2.05, 4.69) is 20.5 Å². The number of alkyl halides is 1. The first-order chi connectivity index (χ1) is 28.9. The predicted molar refractivity (Wildman–Crippen MR) is 237 cm³/mol. The Morgan fingerprint density at radius 1 is 1.05 bits per heavy atom. The highest BCUT2D eigenvalue weighted by Gasteiger charge is 2.54. The Morgan fingerprint density at radius 2 is 1.74 bits per heavy atom. The molecule has 4 fully saturated rings. The number of sulfonamides is 1. The third-order valence-electron chi connectivity index (χ3n) is 12.8. The Balaban J connectivity index is 0.961. The fraction of sp³-hybridized carbons (Fsp3) is 0.591. The van der Waals surface area contributed by atoms with E-state index in [1.165, 1.54) is 9.21 Å². The summed E-state index contributed by atoms with van der Waals surface area (Å²) in [6, 6.07) is 12.6. The van der Waals surface area contributed by atoms with Gasteiger partial charge < -0.3 is 26.4 Å². The lowest BCUT2D eigenvalue weighted by Gasteiger charge is -2.39. The van der Waals surface area contributed by atoms with Crippen molar-refractivity contribution in [3.8, 4) is 10.4 Å². The average molecular weight is 898 g/mol. The minimum absolute atomic E-state index is 0.0357. The van der Waals surface area contributed by atoms with Crippen molar-refractivity contribution < 1.29 is 32.3 Å². The SMILES string of the molecule is Cc1ncsc1-c1ccc([C@H](C)NC(=O)[C@@H]2CC(O)CN2C(=O)[C@@H](NC(=O)C2(F)CC2)C(C)(C)SCC2CCN(Cc3cccc(S(=O)(=O)N4CCC(N)CC4)c3)CC2)cc1. The van der Waals surface area contributed by atoms with E-state index in [1.54, 1.807) is 41.3 Å². The Bertz CT molecular complexity index is 2150. The van der Waals surface area contributed by atoms with Gasteiger partial charge in [-0.25, -0.2) is 17.8 Å². The number of thiazole rings is 1. The van der Waals surface area contributed by atoms with Crippen molar-refractivity contribution in [1.29, 1.82) is 0 Å². The average Bonchev–Trinajstić information content (AvgIpc) is 3.64. The highest BCUT2D eigenvalue weighted by Crippen LogP contribution is 2.41. The number of aromatic nitrogens is 1. The molecule has 332 valence electrons. The first-order valence-corrected chi connectivity index (χ1v) is 24.7. The van der Waals surface area contributed by atoms with Gasteiger partial charge in [-0.2, -0.15) is 16.1 Å². The van der Waals surface area contributed by atoms with Crippen molar-refractivity contribution >= 4 is 50.8 Å². The van der Waals surface area contributed by atoms with E-state index < -0.39 is 56.3 Å². The molecule has 2 aromatic carbocycles. The normalized spacial score (nSPS) is 22.8. The first kappa shape index (κ1) is 45.6. The van der Waals surface area contributed by atoms with Gasteiger partial charge in [0.2, 0.25) is 21.8 Å². The van der Waals surface area contributed by atoms with Gasteiger partial charge in [-0.3, -0.25) is 19.3 Å². The molecule has 13 nitrogen and oxygen atoms in total. The number of piperidine rings is 2. The predicted octanol–water partition coefficient (Wildman–Crippen LogP) is 4.78. The molecule has 1 saturated carbocycles. The fourth-order valence-corrected chi connectivity index (χ4v) is 12.2. The van der Waals surface area contributed by atoms with Crippen molar-refractivity contribution in [3.63, 3.8) is 0 Å². The van der Waals surface area contributed by atoms with Gasteiger partial charge >= 0.3 is 0 Å². The highest BCUT2D eigenvalue weighted by atomic mass is 32.2. The number of rotatable bonds is 15. The van der Waals surface area contributed by atoms with Crippen LogP contribution in [0.25, 0.3) is 10.4 Å². The first-order valence-electron chi connectivity index (χ1n) is 21.4. The van der Waals surface area contributed by atoms with E-state index in [-0.39, 0.29) is 37.9 Å². The van der Waals surface area contributed by atoms with E-state index in [0.29, 0.717) is 49.0 Å². The number of carbonyl (C=O) groups excluding carboxylic acids is 3. The smallest absolute Gasteiger partial charge is 0.258 e.